The van der Waals surface area contributed by atoms with E-state index in [0.29, 0.717) is 6.42 Å². The summed E-state index contributed by atoms with van der Waals surface area (Å²) in [6.45, 7) is 19.8. The van der Waals surface area contributed by atoms with Crippen LogP contribution < -0.4 is 0 Å². The first-order chi connectivity index (χ1) is 15.5. The molecule has 4 aliphatic carbocycles. The zero-order chi connectivity index (χ0) is 25.1. The quantitative estimate of drug-likeness (QED) is 0.295. The lowest BCUT2D eigenvalue weighted by Crippen LogP contribution is -2.59. The molecule has 190 valence electrons. The van der Waals surface area contributed by atoms with E-state index in [4.69, 9.17) is 18.3 Å². The van der Waals surface area contributed by atoms with Gasteiger partial charge in [-0.2, -0.15) is 0 Å². The van der Waals surface area contributed by atoms with Gasteiger partial charge in [0.05, 0.1) is 30.1 Å². The second kappa shape index (κ2) is 7.08. The van der Waals surface area contributed by atoms with Crippen LogP contribution in [0.3, 0.4) is 0 Å². The van der Waals surface area contributed by atoms with Crippen molar-refractivity contribution in [3.8, 4) is 0 Å². The average Bonchev–Trinajstić information content (AvgIpc) is 3.12. The van der Waals surface area contributed by atoms with Crippen molar-refractivity contribution in [2.75, 3.05) is 7.11 Å². The summed E-state index contributed by atoms with van der Waals surface area (Å²) in [6.07, 6.45) is 4.50. The first-order valence-electron chi connectivity index (χ1n) is 12.9. The van der Waals surface area contributed by atoms with Crippen molar-refractivity contribution in [2.45, 2.75) is 102 Å². The molecule has 5 fully saturated rings. The molecule has 8 heteroatoms. The van der Waals surface area contributed by atoms with Gasteiger partial charge < -0.3 is 18.3 Å². The van der Waals surface area contributed by atoms with Crippen molar-refractivity contribution in [3.63, 3.8) is 0 Å². The smallest absolute Gasteiger partial charge is 0.312 e. The Bertz CT molecular complexity index is 952. The van der Waals surface area contributed by atoms with E-state index in [9.17, 15) is 9.59 Å². The lowest BCUT2D eigenvalue weighted by molar-refractivity contribution is -0.174. The van der Waals surface area contributed by atoms with Crippen LogP contribution in [0.15, 0.2) is 12.2 Å². The van der Waals surface area contributed by atoms with Gasteiger partial charge in [0.1, 0.15) is 5.60 Å². The number of ether oxygens (including phenoxy) is 2. The predicted molar refractivity (Wildman–Crippen MR) is 134 cm³/mol. The summed E-state index contributed by atoms with van der Waals surface area (Å²) in [4.78, 5) is 27.2. The van der Waals surface area contributed by atoms with Gasteiger partial charge in [-0.15, -0.1) is 0 Å². The standard InChI is InChI=1S/C26H42O6Si2/c1-16-14-24-15-25(16,32-34(7,8)9)13-10-17(24)26-18(31-33(4,5)6)11-12-23(2,22(28)30-26)20(26)19(24)21(27)29-3/h17-20H,1,10-15H2,2-9H3/t17?,18-,19+,20?,23?,24-,25-,26-/m0/s1. The summed E-state index contributed by atoms with van der Waals surface area (Å²) in [5.74, 6) is -0.993. The lowest BCUT2D eigenvalue weighted by atomic mass is 9.59. The normalized spacial score (nSPS) is 47.3. The van der Waals surface area contributed by atoms with E-state index >= 15 is 0 Å². The molecule has 0 amide bonds. The molecule has 3 unspecified atom stereocenters. The summed E-state index contributed by atoms with van der Waals surface area (Å²) in [5.41, 5.74) is -1.14. The van der Waals surface area contributed by atoms with Crippen molar-refractivity contribution >= 4 is 28.6 Å². The van der Waals surface area contributed by atoms with Gasteiger partial charge in [-0.25, -0.2) is 0 Å². The van der Waals surface area contributed by atoms with Crippen LogP contribution in [-0.4, -0.2) is 53.0 Å². The second-order valence-electron chi connectivity index (χ2n) is 13.9. The van der Waals surface area contributed by atoms with E-state index in [2.05, 4.69) is 45.9 Å². The van der Waals surface area contributed by atoms with E-state index in [1.807, 2.05) is 6.92 Å². The molecule has 0 N–H and O–H groups in total. The van der Waals surface area contributed by atoms with Gasteiger partial charge in [-0.3, -0.25) is 9.59 Å². The summed E-state index contributed by atoms with van der Waals surface area (Å²) in [7, 11) is -2.33. The van der Waals surface area contributed by atoms with Crippen molar-refractivity contribution in [1.82, 2.24) is 0 Å². The number of rotatable bonds is 5. The van der Waals surface area contributed by atoms with Gasteiger partial charge in [0.25, 0.3) is 0 Å². The van der Waals surface area contributed by atoms with E-state index in [1.165, 1.54) is 7.11 Å². The molecular formula is C26H42O6Si2. The molecule has 8 atom stereocenters. The maximum Gasteiger partial charge on any atom is 0.312 e. The molecular weight excluding hydrogens is 464 g/mol. The zero-order valence-corrected chi connectivity index (χ0v) is 24.2. The van der Waals surface area contributed by atoms with Crippen LogP contribution in [0, 0.1) is 28.6 Å². The SMILES string of the molecule is C=C1C[C@]23C[C@@]1(O[Si](C)(C)C)CCC2[C@]12OC(=O)C(C)(CC[C@@H]1O[Si](C)(C)C)C2[C@@H]3C(=O)OC. The molecule has 0 radical (unpaired) electrons. The van der Waals surface area contributed by atoms with Crippen molar-refractivity contribution in [2.24, 2.45) is 28.6 Å². The molecule has 6 nitrogen and oxygen atoms in total. The first-order valence-corrected chi connectivity index (χ1v) is 19.7. The van der Waals surface area contributed by atoms with E-state index in [1.54, 1.807) is 0 Å². The number of fused-ring (bicyclic) bond motifs is 1. The molecule has 1 saturated heterocycles. The minimum absolute atomic E-state index is 0.0409. The van der Waals surface area contributed by atoms with Crippen LogP contribution in [0.4, 0.5) is 0 Å². The highest BCUT2D eigenvalue weighted by atomic mass is 28.4. The molecule has 0 aromatic carbocycles. The number of esters is 2. The molecule has 1 spiro atoms. The number of hydrogen-bond acceptors (Lipinski definition) is 6. The minimum atomic E-state index is -1.94. The molecule has 4 bridgehead atoms. The molecule has 1 aliphatic heterocycles. The van der Waals surface area contributed by atoms with Gasteiger partial charge in [-0.05, 0) is 95.7 Å². The maximum absolute atomic E-state index is 13.7. The Kier molecular flexibility index (Phi) is 5.14. The predicted octanol–water partition coefficient (Wildman–Crippen LogP) is 5.06. The summed E-state index contributed by atoms with van der Waals surface area (Å²) < 4.78 is 25.7. The molecule has 0 aromatic heterocycles. The Balaban J connectivity index is 1.70. The Morgan fingerprint density at radius 1 is 1.09 bits per heavy atom. The second-order valence-corrected chi connectivity index (χ2v) is 22.8. The summed E-state index contributed by atoms with van der Waals surface area (Å²) >= 11 is 0. The van der Waals surface area contributed by atoms with Gasteiger partial charge >= 0.3 is 11.9 Å². The average molecular weight is 507 g/mol. The van der Waals surface area contributed by atoms with Crippen LogP contribution >= 0.6 is 0 Å². The monoisotopic (exact) mass is 506 g/mol. The Morgan fingerprint density at radius 3 is 2.35 bits per heavy atom. The highest BCUT2D eigenvalue weighted by Crippen LogP contribution is 2.79. The van der Waals surface area contributed by atoms with Gasteiger partial charge in [0.2, 0.25) is 0 Å². The Morgan fingerprint density at radius 2 is 1.76 bits per heavy atom. The third-order valence-corrected chi connectivity index (χ3v) is 11.6. The number of carbonyl (C=O) groups is 2. The summed E-state index contributed by atoms with van der Waals surface area (Å²) in [6, 6.07) is 0. The fourth-order valence-corrected chi connectivity index (χ4v) is 11.7. The highest BCUT2D eigenvalue weighted by molar-refractivity contribution is 6.70. The fraction of sp³-hybridized carbons (Fsp3) is 0.846. The highest BCUT2D eigenvalue weighted by Gasteiger charge is 2.85. The molecule has 1 heterocycles. The molecule has 34 heavy (non-hydrogen) atoms. The number of carbonyl (C=O) groups excluding carboxylic acids is 2. The van der Waals surface area contributed by atoms with Crippen molar-refractivity contribution < 1.29 is 27.9 Å². The topological polar surface area (TPSA) is 71.1 Å². The molecule has 4 saturated carbocycles. The Labute approximate surface area is 206 Å². The van der Waals surface area contributed by atoms with E-state index in [0.717, 1.165) is 37.7 Å². The largest absolute Gasteiger partial charge is 0.469 e. The van der Waals surface area contributed by atoms with Gasteiger partial charge in [0, 0.05) is 11.8 Å². The van der Waals surface area contributed by atoms with Crippen LogP contribution in [0.1, 0.15) is 45.4 Å². The maximum atomic E-state index is 13.7. The van der Waals surface area contributed by atoms with E-state index in [-0.39, 0.29) is 35.3 Å². The van der Waals surface area contributed by atoms with Gasteiger partial charge in [0.15, 0.2) is 16.6 Å². The number of methoxy groups -OCH3 is 1. The lowest BCUT2D eigenvalue weighted by Gasteiger charge is -2.51. The fourth-order valence-electron chi connectivity index (χ4n) is 9.00. The molecule has 5 aliphatic rings. The van der Waals surface area contributed by atoms with E-state index < -0.39 is 39.2 Å². The van der Waals surface area contributed by atoms with Crippen LogP contribution in [0.5, 0.6) is 0 Å². The van der Waals surface area contributed by atoms with Gasteiger partial charge in [-0.1, -0.05) is 6.58 Å². The van der Waals surface area contributed by atoms with Crippen molar-refractivity contribution in [1.29, 1.82) is 0 Å². The molecule has 5 rings (SSSR count). The third-order valence-electron chi connectivity index (χ3n) is 9.62. The molecule has 0 aromatic rings. The number of hydrogen-bond donors (Lipinski definition) is 0. The first kappa shape index (κ1) is 24.7. The third kappa shape index (κ3) is 3.04. The van der Waals surface area contributed by atoms with Crippen LogP contribution in [0.2, 0.25) is 39.3 Å². The van der Waals surface area contributed by atoms with Crippen molar-refractivity contribution in [3.05, 3.63) is 12.2 Å². The van der Waals surface area contributed by atoms with Crippen LogP contribution in [-0.2, 0) is 27.9 Å². The minimum Gasteiger partial charge on any atom is -0.469 e. The Hall–Kier alpha value is -0.966. The zero-order valence-electron chi connectivity index (χ0n) is 22.2. The summed E-state index contributed by atoms with van der Waals surface area (Å²) in [5, 5.41) is 0. The van der Waals surface area contributed by atoms with Crippen LogP contribution in [0.25, 0.3) is 0 Å².